The molecule has 4 heteroatoms. The van der Waals surface area contributed by atoms with Gasteiger partial charge in [0.25, 0.3) is 5.91 Å². The molecule has 0 fully saturated rings. The second-order valence-corrected chi connectivity index (χ2v) is 6.17. The SMILES string of the molecule is N#Cc1cccc(C(=O)NCc2ccc(COCc3ccccc3)cc2)c1. The highest BCUT2D eigenvalue weighted by Gasteiger charge is 2.06. The lowest BCUT2D eigenvalue weighted by atomic mass is 10.1. The largest absolute Gasteiger partial charge is 0.372 e. The Kier molecular flexibility index (Phi) is 6.35. The van der Waals surface area contributed by atoms with Gasteiger partial charge in [0.05, 0.1) is 24.8 Å². The molecular formula is C23H20N2O2. The molecule has 134 valence electrons. The van der Waals surface area contributed by atoms with Gasteiger partial charge in [0.1, 0.15) is 0 Å². The van der Waals surface area contributed by atoms with E-state index in [1.54, 1.807) is 24.3 Å². The molecule has 3 aromatic rings. The third-order valence-electron chi connectivity index (χ3n) is 4.11. The van der Waals surface area contributed by atoms with Gasteiger partial charge in [-0.3, -0.25) is 4.79 Å². The van der Waals surface area contributed by atoms with Gasteiger partial charge in [-0.25, -0.2) is 0 Å². The van der Waals surface area contributed by atoms with Gasteiger partial charge in [0, 0.05) is 12.1 Å². The fourth-order valence-corrected chi connectivity index (χ4v) is 2.63. The number of hydrogen-bond acceptors (Lipinski definition) is 3. The lowest BCUT2D eigenvalue weighted by Gasteiger charge is -2.08. The maximum absolute atomic E-state index is 12.2. The van der Waals surface area contributed by atoms with Gasteiger partial charge in [0.15, 0.2) is 0 Å². The van der Waals surface area contributed by atoms with Crippen molar-refractivity contribution in [2.45, 2.75) is 19.8 Å². The van der Waals surface area contributed by atoms with Crippen LogP contribution in [-0.2, 0) is 24.5 Å². The third-order valence-corrected chi connectivity index (χ3v) is 4.11. The Labute approximate surface area is 159 Å². The number of hydrogen-bond donors (Lipinski definition) is 1. The lowest BCUT2D eigenvalue weighted by Crippen LogP contribution is -2.22. The average Bonchev–Trinajstić information content (AvgIpc) is 2.74. The van der Waals surface area contributed by atoms with Crippen molar-refractivity contribution in [3.05, 3.63) is 107 Å². The molecule has 0 heterocycles. The second kappa shape index (κ2) is 9.33. The van der Waals surface area contributed by atoms with Crippen LogP contribution in [0.1, 0.15) is 32.6 Å². The number of amides is 1. The van der Waals surface area contributed by atoms with Crippen LogP contribution in [-0.4, -0.2) is 5.91 Å². The molecule has 3 rings (SSSR count). The molecule has 4 nitrogen and oxygen atoms in total. The van der Waals surface area contributed by atoms with E-state index in [1.165, 1.54) is 0 Å². The minimum absolute atomic E-state index is 0.192. The highest BCUT2D eigenvalue weighted by molar-refractivity contribution is 5.94. The van der Waals surface area contributed by atoms with Gasteiger partial charge in [0.2, 0.25) is 0 Å². The molecule has 0 saturated carbocycles. The van der Waals surface area contributed by atoms with Crippen LogP contribution in [0.2, 0.25) is 0 Å². The number of carbonyl (C=O) groups is 1. The van der Waals surface area contributed by atoms with E-state index in [2.05, 4.69) is 5.32 Å². The van der Waals surface area contributed by atoms with Crippen molar-refractivity contribution in [2.75, 3.05) is 0 Å². The van der Waals surface area contributed by atoms with E-state index in [0.29, 0.717) is 30.9 Å². The van der Waals surface area contributed by atoms with Gasteiger partial charge < -0.3 is 10.1 Å². The van der Waals surface area contributed by atoms with Gasteiger partial charge in [-0.2, -0.15) is 5.26 Å². The Hall–Kier alpha value is -3.42. The molecular weight excluding hydrogens is 336 g/mol. The van der Waals surface area contributed by atoms with Crippen LogP contribution in [0.4, 0.5) is 0 Å². The quantitative estimate of drug-likeness (QED) is 0.690. The van der Waals surface area contributed by atoms with E-state index in [0.717, 1.165) is 16.7 Å². The monoisotopic (exact) mass is 356 g/mol. The molecule has 0 saturated heterocycles. The number of nitrogens with zero attached hydrogens (tertiary/aromatic N) is 1. The predicted molar refractivity (Wildman–Crippen MR) is 104 cm³/mol. The Balaban J connectivity index is 1.47. The molecule has 3 aromatic carbocycles. The summed E-state index contributed by atoms with van der Waals surface area (Å²) in [6, 6.07) is 26.7. The minimum atomic E-state index is -0.192. The Morgan fingerprint density at radius 3 is 2.22 bits per heavy atom. The first kappa shape index (κ1) is 18.4. The molecule has 0 unspecified atom stereocenters. The fourth-order valence-electron chi connectivity index (χ4n) is 2.63. The van der Waals surface area contributed by atoms with Gasteiger partial charge in [-0.15, -0.1) is 0 Å². The van der Waals surface area contributed by atoms with E-state index < -0.39 is 0 Å². The summed E-state index contributed by atoms with van der Waals surface area (Å²) in [4.78, 5) is 12.2. The molecule has 0 atom stereocenters. The molecule has 0 aliphatic rings. The third kappa shape index (κ3) is 5.53. The summed E-state index contributed by atoms with van der Waals surface area (Å²) in [6.45, 7) is 1.56. The highest BCUT2D eigenvalue weighted by atomic mass is 16.5. The van der Waals surface area contributed by atoms with Crippen LogP contribution in [0.5, 0.6) is 0 Å². The smallest absolute Gasteiger partial charge is 0.251 e. The average molecular weight is 356 g/mol. The zero-order valence-corrected chi connectivity index (χ0v) is 14.9. The first-order valence-electron chi connectivity index (χ1n) is 8.72. The van der Waals surface area contributed by atoms with Crippen molar-refractivity contribution in [1.82, 2.24) is 5.32 Å². The molecule has 0 aliphatic heterocycles. The van der Waals surface area contributed by atoms with E-state index in [1.807, 2.05) is 60.7 Å². The summed E-state index contributed by atoms with van der Waals surface area (Å²) in [7, 11) is 0. The Morgan fingerprint density at radius 2 is 1.52 bits per heavy atom. The van der Waals surface area contributed by atoms with E-state index in [-0.39, 0.29) is 5.91 Å². The van der Waals surface area contributed by atoms with Crippen molar-refractivity contribution >= 4 is 5.91 Å². The van der Waals surface area contributed by atoms with Crippen LogP contribution in [0.15, 0.2) is 78.9 Å². The minimum Gasteiger partial charge on any atom is -0.372 e. The van der Waals surface area contributed by atoms with Crippen molar-refractivity contribution in [3.63, 3.8) is 0 Å². The van der Waals surface area contributed by atoms with Gasteiger partial charge >= 0.3 is 0 Å². The molecule has 0 bridgehead atoms. The van der Waals surface area contributed by atoms with Crippen molar-refractivity contribution in [3.8, 4) is 6.07 Å². The van der Waals surface area contributed by atoms with E-state index >= 15 is 0 Å². The summed E-state index contributed by atoms with van der Waals surface area (Å²) in [6.07, 6.45) is 0. The summed E-state index contributed by atoms with van der Waals surface area (Å²) in [5.41, 5.74) is 4.20. The standard InChI is InChI=1S/C23H20N2O2/c24-14-21-7-4-8-22(13-21)23(26)25-15-18-9-11-20(12-10-18)17-27-16-19-5-2-1-3-6-19/h1-13H,15-17H2,(H,25,26). The Bertz CT molecular complexity index is 929. The zero-order chi connectivity index (χ0) is 18.9. The molecule has 1 amide bonds. The number of carbonyl (C=O) groups excluding carboxylic acids is 1. The number of benzene rings is 3. The maximum Gasteiger partial charge on any atom is 0.251 e. The maximum atomic E-state index is 12.2. The lowest BCUT2D eigenvalue weighted by molar-refractivity contribution is 0.0950. The highest BCUT2D eigenvalue weighted by Crippen LogP contribution is 2.09. The Morgan fingerprint density at radius 1 is 0.852 bits per heavy atom. The van der Waals surface area contributed by atoms with E-state index in [4.69, 9.17) is 10.00 Å². The van der Waals surface area contributed by atoms with Gasteiger partial charge in [-0.05, 0) is 34.9 Å². The first-order chi connectivity index (χ1) is 13.2. The van der Waals surface area contributed by atoms with E-state index in [9.17, 15) is 4.79 Å². The van der Waals surface area contributed by atoms with Crippen LogP contribution in [0.3, 0.4) is 0 Å². The normalized spacial score (nSPS) is 10.2. The molecule has 27 heavy (non-hydrogen) atoms. The number of nitrogens with one attached hydrogen (secondary N) is 1. The first-order valence-corrected chi connectivity index (χ1v) is 8.72. The van der Waals surface area contributed by atoms with Crippen LogP contribution in [0.25, 0.3) is 0 Å². The van der Waals surface area contributed by atoms with Crippen LogP contribution < -0.4 is 5.32 Å². The molecule has 0 aliphatic carbocycles. The second-order valence-electron chi connectivity index (χ2n) is 6.17. The fraction of sp³-hybridized carbons (Fsp3) is 0.130. The molecule has 0 spiro atoms. The van der Waals surface area contributed by atoms with Crippen LogP contribution in [0, 0.1) is 11.3 Å². The van der Waals surface area contributed by atoms with Gasteiger partial charge in [-0.1, -0.05) is 60.7 Å². The summed E-state index contributed by atoms with van der Waals surface area (Å²) in [5, 5.41) is 11.8. The number of nitriles is 1. The summed E-state index contributed by atoms with van der Waals surface area (Å²) >= 11 is 0. The zero-order valence-electron chi connectivity index (χ0n) is 14.9. The number of rotatable bonds is 7. The molecule has 0 aromatic heterocycles. The summed E-state index contributed by atoms with van der Waals surface area (Å²) in [5.74, 6) is -0.192. The summed E-state index contributed by atoms with van der Waals surface area (Å²) < 4.78 is 5.73. The van der Waals surface area contributed by atoms with Crippen molar-refractivity contribution < 1.29 is 9.53 Å². The van der Waals surface area contributed by atoms with Crippen molar-refractivity contribution in [1.29, 1.82) is 5.26 Å². The topological polar surface area (TPSA) is 62.1 Å². The van der Waals surface area contributed by atoms with Crippen LogP contribution >= 0.6 is 0 Å². The number of ether oxygens (including phenoxy) is 1. The van der Waals surface area contributed by atoms with Crippen molar-refractivity contribution in [2.24, 2.45) is 0 Å². The molecule has 0 radical (unpaired) electrons. The molecule has 1 N–H and O–H groups in total. The predicted octanol–water partition coefficient (Wildman–Crippen LogP) is 4.21.